The van der Waals surface area contributed by atoms with Gasteiger partial charge in [-0.05, 0) is 36.1 Å². The molecule has 5 rings (SSSR count). The highest BCUT2D eigenvalue weighted by Gasteiger charge is 2.43. The maximum Gasteiger partial charge on any atom is 0.242 e. The van der Waals surface area contributed by atoms with Crippen LogP contribution in [0.1, 0.15) is 38.5 Å². The lowest BCUT2D eigenvalue weighted by molar-refractivity contribution is -0.133. The van der Waals surface area contributed by atoms with E-state index in [1.54, 1.807) is 6.26 Å². The van der Waals surface area contributed by atoms with Crippen LogP contribution in [0, 0.1) is 5.41 Å². The van der Waals surface area contributed by atoms with Crippen molar-refractivity contribution in [2.75, 3.05) is 43.1 Å². The molecule has 1 saturated heterocycles. The quantitative estimate of drug-likeness (QED) is 0.791. The van der Waals surface area contributed by atoms with Crippen molar-refractivity contribution in [3.8, 4) is 0 Å². The zero-order valence-electron chi connectivity index (χ0n) is 18.6. The third-order valence-corrected chi connectivity index (χ3v) is 6.49. The van der Waals surface area contributed by atoms with Gasteiger partial charge in [0.15, 0.2) is 5.78 Å². The van der Waals surface area contributed by atoms with Gasteiger partial charge in [-0.1, -0.05) is 26.0 Å². The first-order valence-electron chi connectivity index (χ1n) is 11.2. The van der Waals surface area contributed by atoms with Crippen molar-refractivity contribution in [3.63, 3.8) is 0 Å². The van der Waals surface area contributed by atoms with Crippen LogP contribution < -0.4 is 10.2 Å². The fraction of sp³-hybridized carbons (Fsp3) is 0.440. The number of amides is 1. The van der Waals surface area contributed by atoms with Crippen molar-refractivity contribution in [3.05, 3.63) is 59.7 Å². The second kappa shape index (κ2) is 8.13. The Morgan fingerprint density at radius 1 is 1.12 bits per heavy atom. The summed E-state index contributed by atoms with van der Waals surface area (Å²) in [5, 5.41) is 3.55. The van der Waals surface area contributed by atoms with Crippen molar-refractivity contribution in [2.45, 2.75) is 32.7 Å². The summed E-state index contributed by atoms with van der Waals surface area (Å²) >= 11 is 0. The van der Waals surface area contributed by atoms with E-state index in [1.807, 2.05) is 46.2 Å². The van der Waals surface area contributed by atoms with Crippen LogP contribution in [0.2, 0.25) is 0 Å². The lowest BCUT2D eigenvalue weighted by atomic mass is 9.74. The first-order chi connectivity index (χ1) is 15.4. The number of allylic oxidation sites excluding steroid dienone is 1. The number of carbonyl (C=O) groups excluding carboxylic acids is 2. The number of hydrogen-bond acceptors (Lipinski definition) is 6. The van der Waals surface area contributed by atoms with Gasteiger partial charge in [0.1, 0.15) is 11.8 Å². The highest BCUT2D eigenvalue weighted by Crippen LogP contribution is 2.48. The van der Waals surface area contributed by atoms with E-state index in [0.29, 0.717) is 44.1 Å². The van der Waals surface area contributed by atoms with Gasteiger partial charge >= 0.3 is 0 Å². The molecule has 168 valence electrons. The molecule has 0 spiro atoms. The van der Waals surface area contributed by atoms with Crippen LogP contribution in [0.4, 0.5) is 11.4 Å². The Labute approximate surface area is 188 Å². The molecule has 1 aromatic carbocycles. The second-order valence-electron chi connectivity index (χ2n) is 9.51. The van der Waals surface area contributed by atoms with E-state index in [4.69, 9.17) is 9.15 Å². The van der Waals surface area contributed by atoms with E-state index < -0.39 is 6.04 Å². The number of carbonyl (C=O) groups is 2. The van der Waals surface area contributed by atoms with Crippen LogP contribution in [0.3, 0.4) is 0 Å². The summed E-state index contributed by atoms with van der Waals surface area (Å²) < 4.78 is 11.3. The normalized spacial score (nSPS) is 22.7. The van der Waals surface area contributed by atoms with Crippen molar-refractivity contribution in [2.24, 2.45) is 5.41 Å². The van der Waals surface area contributed by atoms with E-state index in [-0.39, 0.29) is 23.7 Å². The van der Waals surface area contributed by atoms with Crippen molar-refractivity contribution in [1.29, 1.82) is 0 Å². The molecule has 7 heteroatoms. The topological polar surface area (TPSA) is 75.0 Å². The van der Waals surface area contributed by atoms with E-state index in [1.165, 1.54) is 0 Å². The zero-order valence-corrected chi connectivity index (χ0v) is 18.6. The number of nitrogens with zero attached hydrogens (tertiary/aromatic N) is 2. The molecule has 7 nitrogen and oxygen atoms in total. The SMILES string of the molecule is CC1(C)CC(=O)C2=C(C1)Nc1ccccc1N(CC(=O)N1CCOCC1)[C@H]2c1ccco1. The van der Waals surface area contributed by atoms with Gasteiger partial charge in [0.2, 0.25) is 5.91 Å². The molecule has 0 radical (unpaired) electrons. The molecule has 1 aromatic heterocycles. The van der Waals surface area contributed by atoms with Crippen molar-refractivity contribution < 1.29 is 18.7 Å². The maximum absolute atomic E-state index is 13.5. The molecule has 0 unspecified atom stereocenters. The second-order valence-corrected chi connectivity index (χ2v) is 9.51. The third-order valence-electron chi connectivity index (χ3n) is 6.49. The minimum Gasteiger partial charge on any atom is -0.467 e. The highest BCUT2D eigenvalue weighted by atomic mass is 16.5. The summed E-state index contributed by atoms with van der Waals surface area (Å²) in [6.07, 6.45) is 2.84. The Kier molecular flexibility index (Phi) is 5.29. The van der Waals surface area contributed by atoms with Crippen LogP contribution in [0.5, 0.6) is 0 Å². The standard InChI is InChI=1S/C25H29N3O4/c1-25(2)14-18-23(20(29)15-25)24(21-8-5-11-32-21)28(19-7-4-3-6-17(19)26-18)16-22(30)27-9-12-31-13-10-27/h3-8,11,24,26H,9-10,12-16H2,1-2H3/t24-/m0/s1. The molecular weight excluding hydrogens is 406 g/mol. The molecule has 0 saturated carbocycles. The van der Waals surface area contributed by atoms with Crippen molar-refractivity contribution in [1.82, 2.24) is 4.90 Å². The summed E-state index contributed by atoms with van der Waals surface area (Å²) in [6.45, 7) is 6.65. The molecule has 1 amide bonds. The summed E-state index contributed by atoms with van der Waals surface area (Å²) in [4.78, 5) is 30.7. The first kappa shape index (κ1) is 20.8. The lowest BCUT2D eigenvalue weighted by Crippen LogP contribution is -2.47. The number of ketones is 1. The Morgan fingerprint density at radius 3 is 2.66 bits per heavy atom. The monoisotopic (exact) mass is 435 g/mol. The highest BCUT2D eigenvalue weighted by molar-refractivity contribution is 6.01. The molecule has 1 atom stereocenters. The van der Waals surface area contributed by atoms with Gasteiger partial charge < -0.3 is 24.3 Å². The van der Waals surface area contributed by atoms with Crippen LogP contribution in [0.15, 0.2) is 58.3 Å². The number of Topliss-reactive ketones (excluding diaryl/α,β-unsaturated/α-hetero) is 1. The van der Waals surface area contributed by atoms with Crippen molar-refractivity contribution >= 4 is 23.1 Å². The molecule has 1 fully saturated rings. The van der Waals surface area contributed by atoms with Gasteiger partial charge in [0, 0.05) is 30.8 Å². The number of fused-ring (bicyclic) bond motifs is 1. The molecule has 0 bridgehead atoms. The number of rotatable bonds is 3. The Hall–Kier alpha value is -3.06. The molecule has 1 N–H and O–H groups in total. The van der Waals surface area contributed by atoms with Gasteiger partial charge in [-0.3, -0.25) is 9.59 Å². The summed E-state index contributed by atoms with van der Waals surface area (Å²) in [7, 11) is 0. The average Bonchev–Trinajstić information content (AvgIpc) is 3.25. The van der Waals surface area contributed by atoms with Crippen LogP contribution in [-0.4, -0.2) is 49.4 Å². The molecule has 32 heavy (non-hydrogen) atoms. The van der Waals surface area contributed by atoms with Gasteiger partial charge in [0.25, 0.3) is 0 Å². The average molecular weight is 436 g/mol. The van der Waals surface area contributed by atoms with Crippen LogP contribution in [-0.2, 0) is 14.3 Å². The number of nitrogens with one attached hydrogen (secondary N) is 1. The summed E-state index contributed by atoms with van der Waals surface area (Å²) in [5.41, 5.74) is 3.26. The maximum atomic E-state index is 13.5. The number of benzene rings is 1. The van der Waals surface area contributed by atoms with E-state index >= 15 is 0 Å². The predicted molar refractivity (Wildman–Crippen MR) is 121 cm³/mol. The molecule has 2 aliphatic heterocycles. The fourth-order valence-corrected chi connectivity index (χ4v) is 5.03. The molecule has 1 aliphatic carbocycles. The fourth-order valence-electron chi connectivity index (χ4n) is 5.03. The number of para-hydroxylation sites is 2. The predicted octanol–water partition coefficient (Wildman–Crippen LogP) is 3.75. The van der Waals surface area contributed by atoms with Crippen LogP contribution >= 0.6 is 0 Å². The van der Waals surface area contributed by atoms with Gasteiger partial charge in [-0.25, -0.2) is 0 Å². The third kappa shape index (κ3) is 3.81. The zero-order chi connectivity index (χ0) is 22.3. The lowest BCUT2D eigenvalue weighted by Gasteiger charge is -2.37. The number of anilines is 2. The Balaban J connectivity index is 1.63. The molecule has 3 aliphatic rings. The van der Waals surface area contributed by atoms with Gasteiger partial charge in [-0.2, -0.15) is 0 Å². The number of hydrogen-bond donors (Lipinski definition) is 1. The van der Waals surface area contributed by atoms with Gasteiger partial charge in [-0.15, -0.1) is 0 Å². The summed E-state index contributed by atoms with van der Waals surface area (Å²) in [6, 6.07) is 11.2. The molecule has 3 heterocycles. The minimum atomic E-state index is -0.468. The Morgan fingerprint density at radius 2 is 1.91 bits per heavy atom. The Bertz CT molecular complexity index is 1050. The van der Waals surface area contributed by atoms with E-state index in [9.17, 15) is 9.59 Å². The number of morpholine rings is 1. The summed E-state index contributed by atoms with van der Waals surface area (Å²) in [5.74, 6) is 0.785. The number of ether oxygens (including phenoxy) is 1. The van der Waals surface area contributed by atoms with E-state index in [2.05, 4.69) is 19.2 Å². The van der Waals surface area contributed by atoms with E-state index in [0.717, 1.165) is 23.5 Å². The minimum absolute atomic E-state index is 0.0206. The van der Waals surface area contributed by atoms with Crippen LogP contribution in [0.25, 0.3) is 0 Å². The largest absolute Gasteiger partial charge is 0.467 e. The van der Waals surface area contributed by atoms with Gasteiger partial charge in [0.05, 0.1) is 37.4 Å². The first-order valence-corrected chi connectivity index (χ1v) is 11.2. The molecule has 2 aromatic rings. The smallest absolute Gasteiger partial charge is 0.242 e. The molecular formula is C25H29N3O4. The number of furan rings is 1.